The molecule has 1 aliphatic rings. The molecule has 1 N–H and O–H groups in total. The molecule has 1 unspecified atom stereocenters. The van der Waals surface area contributed by atoms with Crippen LogP contribution >= 0.6 is 11.3 Å². The van der Waals surface area contributed by atoms with Crippen LogP contribution < -0.4 is 5.32 Å². The Labute approximate surface area is 244 Å². The highest BCUT2D eigenvalue weighted by atomic mass is 32.1. The fraction of sp³-hybridized carbons (Fsp3) is 0.382. The van der Waals surface area contributed by atoms with Crippen LogP contribution in [0.25, 0.3) is 10.9 Å². The van der Waals surface area contributed by atoms with Gasteiger partial charge in [0.2, 0.25) is 0 Å². The van der Waals surface area contributed by atoms with Gasteiger partial charge in [-0.05, 0) is 71.7 Å². The molecule has 3 aromatic rings. The number of nitrogens with zero attached hydrogens (tertiary/aromatic N) is 3. The summed E-state index contributed by atoms with van der Waals surface area (Å²) in [5.41, 5.74) is 4.08. The lowest BCUT2D eigenvalue weighted by Gasteiger charge is -2.30. The highest BCUT2D eigenvalue weighted by Crippen LogP contribution is 2.31. The molecule has 5 nitrogen and oxygen atoms in total. The van der Waals surface area contributed by atoms with Crippen LogP contribution in [-0.2, 0) is 6.54 Å². The molecule has 0 saturated carbocycles. The number of allylic oxidation sites excluding steroid dienone is 6. The zero-order chi connectivity index (χ0) is 28.7. The van der Waals surface area contributed by atoms with E-state index in [1.807, 2.05) is 49.6 Å². The standard InChI is InChI=1S/C31H38N4OS.C3H6/c1-4-10-23(2)11-6-5-7-12-24(3)32-30(36)29-22-37-31(34-29)26-17-19-35(20-18-26)21-27-16-15-25-13-8-9-14-28(25)33-27;1-3-2/h5-10,12-16,22,24,26H,4,11,17-21H2,1-3H3,(H,32,36);3H,1H2,2H3/b6-5-,12-7-,23-10+;. The Morgan fingerprint density at radius 1 is 1.18 bits per heavy atom. The summed E-state index contributed by atoms with van der Waals surface area (Å²) in [5, 5.41) is 7.20. The summed E-state index contributed by atoms with van der Waals surface area (Å²) in [4.78, 5) is 24.7. The van der Waals surface area contributed by atoms with Crippen LogP contribution in [0, 0.1) is 0 Å². The highest BCUT2D eigenvalue weighted by Gasteiger charge is 2.24. The number of carbonyl (C=O) groups is 1. The number of rotatable bonds is 10. The van der Waals surface area contributed by atoms with Crippen molar-refractivity contribution in [2.45, 2.75) is 71.9 Å². The third kappa shape index (κ3) is 10.00. The normalized spacial score (nSPS) is 15.8. The Hall–Kier alpha value is -3.35. The maximum Gasteiger partial charge on any atom is 0.271 e. The van der Waals surface area contributed by atoms with Crippen molar-refractivity contribution in [1.82, 2.24) is 20.2 Å². The summed E-state index contributed by atoms with van der Waals surface area (Å²) >= 11 is 1.61. The molecule has 1 saturated heterocycles. The van der Waals surface area contributed by atoms with Gasteiger partial charge in [0, 0.05) is 29.3 Å². The second-order valence-corrected chi connectivity index (χ2v) is 11.2. The molecule has 0 aliphatic carbocycles. The first kappa shape index (κ1) is 31.2. The van der Waals surface area contributed by atoms with Crippen molar-refractivity contribution in [2.24, 2.45) is 0 Å². The topological polar surface area (TPSA) is 58.1 Å². The van der Waals surface area contributed by atoms with E-state index in [0.29, 0.717) is 11.6 Å². The van der Waals surface area contributed by atoms with Crippen molar-refractivity contribution < 1.29 is 4.79 Å². The van der Waals surface area contributed by atoms with Gasteiger partial charge in [0.05, 0.1) is 16.2 Å². The molecule has 1 aliphatic heterocycles. The molecule has 1 amide bonds. The van der Waals surface area contributed by atoms with Crippen LogP contribution in [0.15, 0.2) is 90.4 Å². The van der Waals surface area contributed by atoms with E-state index in [1.165, 1.54) is 11.0 Å². The minimum atomic E-state index is -0.106. The predicted octanol–water partition coefficient (Wildman–Crippen LogP) is 8.24. The van der Waals surface area contributed by atoms with Gasteiger partial charge in [0.25, 0.3) is 5.91 Å². The number of thiazole rings is 1. The van der Waals surface area contributed by atoms with Crippen molar-refractivity contribution >= 4 is 28.1 Å². The number of benzene rings is 1. The smallest absolute Gasteiger partial charge is 0.271 e. The Bertz CT molecular complexity index is 1310. The number of carbonyl (C=O) groups excluding carboxylic acids is 1. The van der Waals surface area contributed by atoms with Crippen LogP contribution in [-0.4, -0.2) is 39.9 Å². The molecule has 212 valence electrons. The zero-order valence-corrected chi connectivity index (χ0v) is 25.3. The van der Waals surface area contributed by atoms with E-state index in [9.17, 15) is 4.79 Å². The summed E-state index contributed by atoms with van der Waals surface area (Å²) in [6.07, 6.45) is 16.3. The number of hydrogen-bond donors (Lipinski definition) is 1. The summed E-state index contributed by atoms with van der Waals surface area (Å²) in [7, 11) is 0. The van der Waals surface area contributed by atoms with E-state index < -0.39 is 0 Å². The number of hydrogen-bond acceptors (Lipinski definition) is 5. The Morgan fingerprint density at radius 3 is 2.67 bits per heavy atom. The van der Waals surface area contributed by atoms with E-state index in [1.54, 1.807) is 17.4 Å². The number of amides is 1. The first-order valence-corrected chi connectivity index (χ1v) is 15.2. The van der Waals surface area contributed by atoms with Gasteiger partial charge >= 0.3 is 0 Å². The van der Waals surface area contributed by atoms with E-state index in [-0.39, 0.29) is 11.9 Å². The molecule has 40 heavy (non-hydrogen) atoms. The third-order valence-electron chi connectivity index (χ3n) is 6.73. The number of aromatic nitrogens is 2. The fourth-order valence-corrected chi connectivity index (χ4v) is 5.64. The van der Waals surface area contributed by atoms with Gasteiger partial charge < -0.3 is 5.32 Å². The Kier molecular flexibility index (Phi) is 13.0. The van der Waals surface area contributed by atoms with Crippen molar-refractivity contribution in [2.75, 3.05) is 13.1 Å². The number of likely N-dealkylation sites (tertiary alicyclic amines) is 1. The van der Waals surface area contributed by atoms with Crippen molar-refractivity contribution in [3.05, 3.63) is 107 Å². The van der Waals surface area contributed by atoms with Gasteiger partial charge in [0.15, 0.2) is 0 Å². The largest absolute Gasteiger partial charge is 0.345 e. The molecular weight excluding hydrogens is 512 g/mol. The summed E-state index contributed by atoms with van der Waals surface area (Å²) in [5.74, 6) is 0.310. The molecular formula is C34H44N4OS. The van der Waals surface area contributed by atoms with Gasteiger partial charge in [0.1, 0.15) is 5.69 Å². The molecule has 0 radical (unpaired) electrons. The number of nitrogens with one attached hydrogen (secondary N) is 1. The van der Waals surface area contributed by atoms with E-state index in [2.05, 4.69) is 67.1 Å². The average molecular weight is 557 g/mol. The van der Waals surface area contributed by atoms with Crippen LogP contribution in [0.2, 0.25) is 0 Å². The molecule has 2 aromatic heterocycles. The van der Waals surface area contributed by atoms with Gasteiger partial charge in [-0.3, -0.25) is 14.7 Å². The van der Waals surface area contributed by atoms with Crippen molar-refractivity contribution in [3.63, 3.8) is 0 Å². The Morgan fingerprint density at radius 2 is 1.93 bits per heavy atom. The lowest BCUT2D eigenvalue weighted by atomic mass is 9.97. The van der Waals surface area contributed by atoms with Crippen LogP contribution in [0.4, 0.5) is 0 Å². The monoisotopic (exact) mass is 556 g/mol. The molecule has 1 aromatic carbocycles. The third-order valence-corrected chi connectivity index (χ3v) is 7.74. The average Bonchev–Trinajstić information content (AvgIpc) is 3.45. The first-order chi connectivity index (χ1) is 19.4. The number of fused-ring (bicyclic) bond motifs is 1. The Balaban J connectivity index is 0.00000141. The quantitative estimate of drug-likeness (QED) is 0.202. The van der Waals surface area contributed by atoms with Gasteiger partial charge in [-0.25, -0.2) is 4.98 Å². The lowest BCUT2D eigenvalue weighted by molar-refractivity contribution is 0.0942. The maximum absolute atomic E-state index is 12.7. The maximum atomic E-state index is 12.7. The minimum Gasteiger partial charge on any atom is -0.345 e. The second kappa shape index (κ2) is 16.7. The molecule has 1 atom stereocenters. The van der Waals surface area contributed by atoms with Crippen LogP contribution in [0.1, 0.15) is 80.5 Å². The van der Waals surface area contributed by atoms with Crippen LogP contribution in [0.3, 0.4) is 0 Å². The molecule has 3 heterocycles. The van der Waals surface area contributed by atoms with Gasteiger partial charge in [-0.15, -0.1) is 17.9 Å². The second-order valence-electron chi connectivity index (χ2n) is 10.3. The van der Waals surface area contributed by atoms with E-state index >= 15 is 0 Å². The van der Waals surface area contributed by atoms with E-state index in [0.717, 1.165) is 61.5 Å². The number of para-hydroxylation sites is 1. The summed E-state index contributed by atoms with van der Waals surface area (Å²) < 4.78 is 0. The lowest BCUT2D eigenvalue weighted by Crippen LogP contribution is -2.33. The molecule has 1 fully saturated rings. The first-order valence-electron chi connectivity index (χ1n) is 14.3. The highest BCUT2D eigenvalue weighted by molar-refractivity contribution is 7.09. The van der Waals surface area contributed by atoms with Crippen molar-refractivity contribution in [1.29, 1.82) is 0 Å². The molecule has 0 bridgehead atoms. The van der Waals surface area contributed by atoms with E-state index in [4.69, 9.17) is 9.97 Å². The SMILES string of the molecule is C=CC.CC/C=C(\C)C/C=C\C=C/C(C)NC(=O)c1csc(C2CCN(Cc3ccc4ccccc4n3)CC2)n1. The molecule has 6 heteroatoms. The minimum absolute atomic E-state index is 0.0541. The molecule has 0 spiro atoms. The fourth-order valence-electron chi connectivity index (χ4n) is 4.67. The van der Waals surface area contributed by atoms with Gasteiger partial charge in [-0.2, -0.15) is 0 Å². The predicted molar refractivity (Wildman–Crippen MR) is 171 cm³/mol. The number of pyridine rings is 1. The molecule has 4 rings (SSSR count). The summed E-state index contributed by atoms with van der Waals surface area (Å²) in [6.45, 7) is 14.4. The summed E-state index contributed by atoms with van der Waals surface area (Å²) in [6, 6.07) is 12.5. The van der Waals surface area contributed by atoms with Crippen LogP contribution in [0.5, 0.6) is 0 Å². The van der Waals surface area contributed by atoms with Crippen molar-refractivity contribution in [3.8, 4) is 0 Å². The van der Waals surface area contributed by atoms with Gasteiger partial charge in [-0.1, -0.05) is 73.2 Å². The zero-order valence-electron chi connectivity index (χ0n) is 24.5. The number of piperidine rings is 1.